The summed E-state index contributed by atoms with van der Waals surface area (Å²) < 4.78 is 10.6. The maximum absolute atomic E-state index is 5.45. The third-order valence-electron chi connectivity index (χ3n) is 2.02. The number of hydrogen-bond acceptors (Lipinski definition) is 3. The molecule has 1 heterocycles. The van der Waals surface area contributed by atoms with Gasteiger partial charge in [0.25, 0.3) is 0 Å². The fraction of sp³-hybridized carbons (Fsp3) is 0.250. The predicted octanol–water partition coefficient (Wildman–Crippen LogP) is 3.13. The second-order valence-electron chi connectivity index (χ2n) is 3.20. The highest BCUT2D eigenvalue weighted by Crippen LogP contribution is 2.28. The molecule has 0 saturated carbocycles. The molecule has 2 aromatic rings. The lowest BCUT2D eigenvalue weighted by Crippen LogP contribution is -1.95. The van der Waals surface area contributed by atoms with Crippen LogP contribution in [0.2, 0.25) is 0 Å². The Morgan fingerprint density at radius 2 is 2.07 bits per heavy atom. The number of nitrogens with zero attached hydrogens (tertiary/aromatic N) is 1. The zero-order valence-electron chi connectivity index (χ0n) is 8.64. The third kappa shape index (κ3) is 2.18. The van der Waals surface area contributed by atoms with Crippen LogP contribution in [-0.4, -0.2) is 11.6 Å². The molecule has 0 saturated heterocycles. The Morgan fingerprint density at radius 3 is 2.80 bits per heavy atom. The molecule has 0 radical (unpaired) electrons. The van der Waals surface area contributed by atoms with E-state index in [0.717, 1.165) is 17.7 Å². The standard InChI is InChI=1S/C12H13NO2/c1-2-8-14-12-11(13-9-15-12)10-6-4-3-5-7-10/h3-7,9H,2,8H2,1H3. The van der Waals surface area contributed by atoms with Crippen LogP contribution in [0.4, 0.5) is 0 Å². The van der Waals surface area contributed by atoms with Crippen molar-refractivity contribution in [3.63, 3.8) is 0 Å². The molecular formula is C12H13NO2. The summed E-state index contributed by atoms with van der Waals surface area (Å²) in [5, 5.41) is 0. The molecule has 1 aromatic carbocycles. The molecule has 0 bridgehead atoms. The van der Waals surface area contributed by atoms with Gasteiger partial charge in [0.2, 0.25) is 0 Å². The van der Waals surface area contributed by atoms with Crippen molar-refractivity contribution in [1.29, 1.82) is 0 Å². The Labute approximate surface area is 88.7 Å². The molecule has 15 heavy (non-hydrogen) atoms. The van der Waals surface area contributed by atoms with Crippen molar-refractivity contribution in [2.24, 2.45) is 0 Å². The Kier molecular flexibility index (Phi) is 3.02. The number of rotatable bonds is 4. The zero-order chi connectivity index (χ0) is 10.5. The van der Waals surface area contributed by atoms with E-state index in [9.17, 15) is 0 Å². The van der Waals surface area contributed by atoms with Crippen LogP contribution in [0.1, 0.15) is 13.3 Å². The Bertz CT molecular complexity index is 409. The van der Waals surface area contributed by atoms with Gasteiger partial charge in [-0.3, -0.25) is 0 Å². The second kappa shape index (κ2) is 4.64. The van der Waals surface area contributed by atoms with Crippen molar-refractivity contribution in [3.05, 3.63) is 36.7 Å². The second-order valence-corrected chi connectivity index (χ2v) is 3.20. The minimum atomic E-state index is 0.503. The lowest BCUT2D eigenvalue weighted by molar-refractivity contribution is 0.244. The van der Waals surface area contributed by atoms with Crippen LogP contribution in [0.5, 0.6) is 5.95 Å². The monoisotopic (exact) mass is 203 g/mol. The lowest BCUT2D eigenvalue weighted by Gasteiger charge is -2.02. The van der Waals surface area contributed by atoms with Gasteiger partial charge in [-0.25, -0.2) is 4.98 Å². The summed E-state index contributed by atoms with van der Waals surface area (Å²) in [7, 11) is 0. The summed E-state index contributed by atoms with van der Waals surface area (Å²) in [5.74, 6) is 0.503. The van der Waals surface area contributed by atoms with Gasteiger partial charge < -0.3 is 9.15 Å². The van der Waals surface area contributed by atoms with Crippen LogP contribution in [0, 0.1) is 0 Å². The molecule has 0 amide bonds. The summed E-state index contributed by atoms with van der Waals surface area (Å²) in [6.45, 7) is 2.70. The van der Waals surface area contributed by atoms with Gasteiger partial charge in [0, 0.05) is 5.56 Å². The first-order valence-corrected chi connectivity index (χ1v) is 5.03. The molecule has 1 aromatic heterocycles. The van der Waals surface area contributed by atoms with Crippen molar-refractivity contribution < 1.29 is 9.15 Å². The van der Waals surface area contributed by atoms with E-state index in [-0.39, 0.29) is 0 Å². The van der Waals surface area contributed by atoms with E-state index in [1.165, 1.54) is 6.39 Å². The fourth-order valence-corrected chi connectivity index (χ4v) is 1.32. The highest BCUT2D eigenvalue weighted by Gasteiger charge is 2.10. The molecule has 0 aliphatic carbocycles. The highest BCUT2D eigenvalue weighted by molar-refractivity contribution is 5.63. The SMILES string of the molecule is CCCOc1ocnc1-c1ccccc1. The first-order chi connectivity index (χ1) is 7.42. The maximum atomic E-state index is 5.45. The van der Waals surface area contributed by atoms with Crippen molar-refractivity contribution in [1.82, 2.24) is 4.98 Å². The normalized spacial score (nSPS) is 10.2. The predicted molar refractivity (Wildman–Crippen MR) is 57.7 cm³/mol. The summed E-state index contributed by atoms with van der Waals surface area (Å²) >= 11 is 0. The van der Waals surface area contributed by atoms with Crippen LogP contribution < -0.4 is 4.74 Å². The summed E-state index contributed by atoms with van der Waals surface area (Å²) in [5.41, 5.74) is 1.78. The van der Waals surface area contributed by atoms with Crippen LogP contribution in [0.3, 0.4) is 0 Å². The topological polar surface area (TPSA) is 35.3 Å². The quantitative estimate of drug-likeness (QED) is 0.765. The van der Waals surface area contributed by atoms with E-state index in [4.69, 9.17) is 9.15 Å². The van der Waals surface area contributed by atoms with Gasteiger partial charge >= 0.3 is 5.95 Å². The summed E-state index contributed by atoms with van der Waals surface area (Å²) in [4.78, 5) is 4.15. The Balaban J connectivity index is 2.25. The van der Waals surface area contributed by atoms with Gasteiger partial charge in [0.1, 0.15) is 0 Å². The molecule has 3 nitrogen and oxygen atoms in total. The highest BCUT2D eigenvalue weighted by atomic mass is 16.6. The molecule has 0 spiro atoms. The Hall–Kier alpha value is -1.77. The van der Waals surface area contributed by atoms with Crippen LogP contribution in [-0.2, 0) is 0 Å². The number of oxazole rings is 1. The van der Waals surface area contributed by atoms with Crippen molar-refractivity contribution in [2.45, 2.75) is 13.3 Å². The van der Waals surface area contributed by atoms with Crippen molar-refractivity contribution in [3.8, 4) is 17.2 Å². The molecular weight excluding hydrogens is 190 g/mol. The van der Waals surface area contributed by atoms with Gasteiger partial charge in [0.05, 0.1) is 6.61 Å². The summed E-state index contributed by atoms with van der Waals surface area (Å²) in [6.07, 6.45) is 2.36. The first-order valence-electron chi connectivity index (χ1n) is 5.03. The molecule has 0 fully saturated rings. The number of benzene rings is 1. The molecule has 0 aliphatic heterocycles. The van der Waals surface area contributed by atoms with Crippen LogP contribution in [0.25, 0.3) is 11.3 Å². The number of hydrogen-bond donors (Lipinski definition) is 0. The van der Waals surface area contributed by atoms with Gasteiger partial charge in [-0.15, -0.1) is 0 Å². The van der Waals surface area contributed by atoms with E-state index in [0.29, 0.717) is 12.6 Å². The van der Waals surface area contributed by atoms with Gasteiger partial charge in [0.15, 0.2) is 12.1 Å². The average Bonchev–Trinajstić information content (AvgIpc) is 2.75. The van der Waals surface area contributed by atoms with Crippen molar-refractivity contribution >= 4 is 0 Å². The molecule has 0 aliphatic rings. The fourth-order valence-electron chi connectivity index (χ4n) is 1.32. The molecule has 0 atom stereocenters. The van der Waals surface area contributed by atoms with Crippen molar-refractivity contribution in [2.75, 3.05) is 6.61 Å². The van der Waals surface area contributed by atoms with E-state index in [1.807, 2.05) is 30.3 Å². The van der Waals surface area contributed by atoms with E-state index < -0.39 is 0 Å². The number of ether oxygens (including phenoxy) is 1. The van der Waals surface area contributed by atoms with E-state index >= 15 is 0 Å². The number of aromatic nitrogens is 1. The maximum Gasteiger partial charge on any atom is 0.313 e. The molecule has 0 N–H and O–H groups in total. The summed E-state index contributed by atoms with van der Waals surface area (Å²) in [6, 6.07) is 9.87. The molecule has 78 valence electrons. The van der Waals surface area contributed by atoms with Gasteiger partial charge in [-0.2, -0.15) is 0 Å². The largest absolute Gasteiger partial charge is 0.464 e. The third-order valence-corrected chi connectivity index (χ3v) is 2.02. The van der Waals surface area contributed by atoms with Crippen LogP contribution in [0.15, 0.2) is 41.1 Å². The molecule has 3 heteroatoms. The zero-order valence-corrected chi connectivity index (χ0v) is 8.64. The first kappa shape index (κ1) is 9.77. The van der Waals surface area contributed by atoms with E-state index in [2.05, 4.69) is 11.9 Å². The minimum absolute atomic E-state index is 0.503. The Morgan fingerprint density at radius 1 is 1.27 bits per heavy atom. The molecule has 2 rings (SSSR count). The minimum Gasteiger partial charge on any atom is -0.464 e. The smallest absolute Gasteiger partial charge is 0.313 e. The van der Waals surface area contributed by atoms with E-state index in [1.54, 1.807) is 0 Å². The lowest BCUT2D eigenvalue weighted by atomic mass is 10.2. The average molecular weight is 203 g/mol. The van der Waals surface area contributed by atoms with Gasteiger partial charge in [-0.05, 0) is 6.42 Å². The van der Waals surface area contributed by atoms with Crippen LogP contribution >= 0.6 is 0 Å². The van der Waals surface area contributed by atoms with Gasteiger partial charge in [-0.1, -0.05) is 37.3 Å². The molecule has 0 unspecified atom stereocenters.